The van der Waals surface area contributed by atoms with Crippen molar-refractivity contribution in [3.8, 4) is 11.8 Å². The van der Waals surface area contributed by atoms with E-state index in [1.165, 1.54) is 18.3 Å². The molecule has 1 heterocycles. The molecule has 0 atom stereocenters. The molecule has 0 saturated heterocycles. The number of rotatable bonds is 4. The molecule has 2 aromatic carbocycles. The number of amides is 1. The second-order valence-corrected chi connectivity index (χ2v) is 5.60. The van der Waals surface area contributed by atoms with Crippen molar-refractivity contribution in [1.29, 1.82) is 5.26 Å². The van der Waals surface area contributed by atoms with E-state index in [0.29, 0.717) is 0 Å². The summed E-state index contributed by atoms with van der Waals surface area (Å²) in [6.07, 6.45) is 3.39. The number of carbonyl (C=O) groups excluding carboxylic acids is 1. The van der Waals surface area contributed by atoms with E-state index in [0.717, 1.165) is 23.0 Å². The van der Waals surface area contributed by atoms with Crippen molar-refractivity contribution < 1.29 is 9.18 Å². The maximum atomic E-state index is 13.9. The fourth-order valence-corrected chi connectivity index (χ4v) is 2.54. The SMILES string of the molecule is Cc1ccccc1-n1cccc1/C=N\NC(=O)c1ccc(C#N)cc1F. The van der Waals surface area contributed by atoms with Crippen LogP contribution in [0.15, 0.2) is 65.9 Å². The van der Waals surface area contributed by atoms with Gasteiger partial charge in [-0.3, -0.25) is 4.79 Å². The van der Waals surface area contributed by atoms with Gasteiger partial charge in [-0.25, -0.2) is 9.82 Å². The van der Waals surface area contributed by atoms with Crippen LogP contribution in [0.5, 0.6) is 0 Å². The van der Waals surface area contributed by atoms with Gasteiger partial charge in [0.05, 0.1) is 29.1 Å². The number of carbonyl (C=O) groups is 1. The van der Waals surface area contributed by atoms with Gasteiger partial charge in [-0.2, -0.15) is 10.4 Å². The highest BCUT2D eigenvalue weighted by molar-refractivity contribution is 5.95. The zero-order valence-corrected chi connectivity index (χ0v) is 14.0. The minimum Gasteiger partial charge on any atom is -0.315 e. The molecule has 3 rings (SSSR count). The van der Waals surface area contributed by atoms with Crippen LogP contribution in [0.25, 0.3) is 5.69 Å². The quantitative estimate of drug-likeness (QED) is 0.580. The number of nitrogens with zero attached hydrogens (tertiary/aromatic N) is 3. The first-order valence-electron chi connectivity index (χ1n) is 7.86. The molecule has 0 radical (unpaired) electrons. The van der Waals surface area contributed by atoms with E-state index in [9.17, 15) is 9.18 Å². The molecule has 3 aromatic rings. The van der Waals surface area contributed by atoms with Crippen molar-refractivity contribution in [2.24, 2.45) is 5.10 Å². The van der Waals surface area contributed by atoms with Crippen molar-refractivity contribution in [2.75, 3.05) is 0 Å². The molecule has 0 bridgehead atoms. The third-order valence-corrected chi connectivity index (χ3v) is 3.86. The number of aromatic nitrogens is 1. The maximum absolute atomic E-state index is 13.9. The smallest absolute Gasteiger partial charge is 0.274 e. The Morgan fingerprint density at radius 1 is 1.23 bits per heavy atom. The average molecular weight is 346 g/mol. The van der Waals surface area contributed by atoms with Crippen LogP contribution >= 0.6 is 0 Å². The van der Waals surface area contributed by atoms with Crippen molar-refractivity contribution in [3.05, 3.63) is 89.0 Å². The van der Waals surface area contributed by atoms with Gasteiger partial charge in [-0.1, -0.05) is 18.2 Å². The molecule has 6 heteroatoms. The van der Waals surface area contributed by atoms with E-state index in [4.69, 9.17) is 5.26 Å². The number of hydrogen-bond donors (Lipinski definition) is 1. The van der Waals surface area contributed by atoms with Crippen molar-refractivity contribution in [2.45, 2.75) is 6.92 Å². The zero-order valence-electron chi connectivity index (χ0n) is 14.0. The molecule has 1 amide bonds. The lowest BCUT2D eigenvalue weighted by atomic mass is 10.1. The number of nitrogens with one attached hydrogen (secondary N) is 1. The van der Waals surface area contributed by atoms with Crippen LogP contribution in [-0.4, -0.2) is 16.7 Å². The molecular weight excluding hydrogens is 331 g/mol. The molecule has 0 aliphatic heterocycles. The van der Waals surface area contributed by atoms with Gasteiger partial charge < -0.3 is 4.57 Å². The molecule has 128 valence electrons. The van der Waals surface area contributed by atoms with Gasteiger partial charge in [0, 0.05) is 11.9 Å². The summed E-state index contributed by atoms with van der Waals surface area (Å²) in [4.78, 5) is 12.0. The molecule has 1 aromatic heterocycles. The fraction of sp³-hybridized carbons (Fsp3) is 0.0500. The highest BCUT2D eigenvalue weighted by Gasteiger charge is 2.11. The normalized spacial score (nSPS) is 10.7. The summed E-state index contributed by atoms with van der Waals surface area (Å²) in [7, 11) is 0. The summed E-state index contributed by atoms with van der Waals surface area (Å²) in [5, 5.41) is 12.6. The van der Waals surface area contributed by atoms with E-state index in [1.54, 1.807) is 0 Å². The van der Waals surface area contributed by atoms with Crippen LogP contribution < -0.4 is 5.43 Å². The summed E-state index contributed by atoms with van der Waals surface area (Å²) in [5.74, 6) is -1.45. The Kier molecular flexibility index (Phi) is 4.90. The zero-order chi connectivity index (χ0) is 18.5. The minimum atomic E-state index is -0.764. The number of para-hydroxylation sites is 1. The predicted molar refractivity (Wildman–Crippen MR) is 96.7 cm³/mol. The van der Waals surface area contributed by atoms with E-state index < -0.39 is 11.7 Å². The van der Waals surface area contributed by atoms with Crippen molar-refractivity contribution in [1.82, 2.24) is 9.99 Å². The van der Waals surface area contributed by atoms with Crippen molar-refractivity contribution >= 4 is 12.1 Å². The molecule has 0 aliphatic rings. The summed E-state index contributed by atoms with van der Waals surface area (Å²) < 4.78 is 15.8. The monoisotopic (exact) mass is 346 g/mol. The lowest BCUT2D eigenvalue weighted by Crippen LogP contribution is -2.19. The lowest BCUT2D eigenvalue weighted by molar-refractivity contribution is 0.0951. The lowest BCUT2D eigenvalue weighted by Gasteiger charge is -2.09. The fourth-order valence-electron chi connectivity index (χ4n) is 2.54. The molecule has 0 fully saturated rings. The van der Waals surface area contributed by atoms with E-state index >= 15 is 0 Å². The standard InChI is InChI=1S/C20H15FN4O/c1-14-5-2-3-7-19(14)25-10-4-6-16(25)13-23-24-20(26)17-9-8-15(12-22)11-18(17)21/h2-11,13H,1H3,(H,24,26)/b23-13-. The minimum absolute atomic E-state index is 0.151. The maximum Gasteiger partial charge on any atom is 0.274 e. The number of nitriles is 1. The molecule has 5 nitrogen and oxygen atoms in total. The van der Waals surface area contributed by atoms with E-state index in [2.05, 4.69) is 10.5 Å². The Hall–Kier alpha value is -3.72. The molecular formula is C20H15FN4O. The van der Waals surface area contributed by atoms with Gasteiger partial charge in [0.15, 0.2) is 0 Å². The van der Waals surface area contributed by atoms with Crippen LogP contribution in [0.3, 0.4) is 0 Å². The first kappa shape index (κ1) is 17.1. The van der Waals surface area contributed by atoms with Crippen LogP contribution in [0.2, 0.25) is 0 Å². The van der Waals surface area contributed by atoms with Crippen molar-refractivity contribution in [3.63, 3.8) is 0 Å². The third kappa shape index (κ3) is 3.52. The van der Waals surface area contributed by atoms with Gasteiger partial charge in [-0.05, 0) is 48.9 Å². The summed E-state index contributed by atoms with van der Waals surface area (Å²) in [5.41, 5.74) is 5.15. The van der Waals surface area contributed by atoms with Crippen LogP contribution in [0.4, 0.5) is 4.39 Å². The highest BCUT2D eigenvalue weighted by Crippen LogP contribution is 2.16. The Balaban J connectivity index is 1.76. The van der Waals surface area contributed by atoms with Crippen LogP contribution in [-0.2, 0) is 0 Å². The largest absolute Gasteiger partial charge is 0.315 e. The van der Waals surface area contributed by atoms with Gasteiger partial charge in [-0.15, -0.1) is 0 Å². The predicted octanol–water partition coefficient (Wildman–Crippen LogP) is 3.56. The Morgan fingerprint density at radius 2 is 2.04 bits per heavy atom. The van der Waals surface area contributed by atoms with Gasteiger partial charge in [0.2, 0.25) is 0 Å². The van der Waals surface area contributed by atoms with Gasteiger partial charge >= 0.3 is 0 Å². The molecule has 0 unspecified atom stereocenters. The molecule has 0 saturated carbocycles. The molecule has 1 N–H and O–H groups in total. The Bertz CT molecular complexity index is 1030. The first-order valence-corrected chi connectivity index (χ1v) is 7.86. The first-order chi connectivity index (χ1) is 12.6. The highest BCUT2D eigenvalue weighted by atomic mass is 19.1. The van der Waals surface area contributed by atoms with E-state index in [-0.39, 0.29) is 11.1 Å². The number of benzene rings is 2. The number of hydrazone groups is 1. The second-order valence-electron chi connectivity index (χ2n) is 5.60. The summed E-state index contributed by atoms with van der Waals surface area (Å²) in [6.45, 7) is 2.01. The summed E-state index contributed by atoms with van der Waals surface area (Å²) >= 11 is 0. The van der Waals surface area contributed by atoms with E-state index in [1.807, 2.05) is 60.2 Å². The number of hydrogen-bond acceptors (Lipinski definition) is 3. The van der Waals surface area contributed by atoms with Gasteiger partial charge in [0.1, 0.15) is 5.82 Å². The second kappa shape index (κ2) is 7.45. The third-order valence-electron chi connectivity index (χ3n) is 3.86. The molecule has 0 aliphatic carbocycles. The van der Waals surface area contributed by atoms with Crippen LogP contribution in [0, 0.1) is 24.1 Å². The number of halogens is 1. The topological polar surface area (TPSA) is 70.2 Å². The molecule has 26 heavy (non-hydrogen) atoms. The molecule has 0 spiro atoms. The Labute approximate surface area is 150 Å². The van der Waals surface area contributed by atoms with Crippen LogP contribution in [0.1, 0.15) is 27.2 Å². The average Bonchev–Trinajstić information content (AvgIpc) is 3.10. The summed E-state index contributed by atoms with van der Waals surface area (Å²) in [6, 6.07) is 17.1. The number of aryl methyl sites for hydroxylation is 1. The Morgan fingerprint density at radius 3 is 2.77 bits per heavy atom. The van der Waals surface area contributed by atoms with Gasteiger partial charge in [0.25, 0.3) is 5.91 Å².